The molecule has 7 heteroatoms. The molecule has 1 N–H and O–H groups in total. The largest absolute Gasteiger partial charge is 0.444 e. The molecule has 0 bridgehead atoms. The van der Waals surface area contributed by atoms with Crippen LogP contribution in [0.4, 0.5) is 10.5 Å². The number of anilines is 1. The summed E-state index contributed by atoms with van der Waals surface area (Å²) in [5, 5.41) is 2.91. The molecule has 0 atom stereocenters. The molecule has 2 rings (SSSR count). The van der Waals surface area contributed by atoms with Gasteiger partial charge in [-0.2, -0.15) is 0 Å². The Morgan fingerprint density at radius 2 is 1.69 bits per heavy atom. The highest BCUT2D eigenvalue weighted by atomic mass is 16.6. The summed E-state index contributed by atoms with van der Waals surface area (Å²) in [6, 6.07) is 5.82. The van der Waals surface area contributed by atoms with Crippen LogP contribution >= 0.6 is 0 Å². The minimum absolute atomic E-state index is 0.00110. The fourth-order valence-corrected chi connectivity index (χ4v) is 3.43. The van der Waals surface area contributed by atoms with E-state index in [1.165, 1.54) is 4.90 Å². The van der Waals surface area contributed by atoms with Gasteiger partial charge in [-0.05, 0) is 58.6 Å². The second-order valence-electron chi connectivity index (χ2n) is 8.75. The maximum atomic E-state index is 12.7. The Kier molecular flexibility index (Phi) is 7.27. The Balaban J connectivity index is 1.85. The van der Waals surface area contributed by atoms with E-state index >= 15 is 0 Å². The predicted octanol–water partition coefficient (Wildman–Crippen LogP) is 3.35. The van der Waals surface area contributed by atoms with Crippen LogP contribution in [0.3, 0.4) is 0 Å². The average molecular weight is 404 g/mol. The quantitative estimate of drug-likeness (QED) is 0.836. The first kappa shape index (κ1) is 22.7. The van der Waals surface area contributed by atoms with Crippen molar-refractivity contribution in [2.45, 2.75) is 53.1 Å². The number of ether oxygens (including phenoxy) is 1. The summed E-state index contributed by atoms with van der Waals surface area (Å²) in [4.78, 5) is 40.4. The van der Waals surface area contributed by atoms with Crippen molar-refractivity contribution in [2.24, 2.45) is 5.92 Å². The van der Waals surface area contributed by atoms with E-state index in [0.717, 1.165) is 16.8 Å². The van der Waals surface area contributed by atoms with Crippen molar-refractivity contribution in [3.8, 4) is 0 Å². The van der Waals surface area contributed by atoms with Crippen molar-refractivity contribution in [2.75, 3.05) is 32.0 Å². The zero-order valence-corrected chi connectivity index (χ0v) is 18.4. The number of aryl methyl sites for hydroxylation is 2. The van der Waals surface area contributed by atoms with Crippen molar-refractivity contribution in [3.05, 3.63) is 29.3 Å². The normalized spacial score (nSPS) is 15.0. The van der Waals surface area contributed by atoms with Crippen LogP contribution in [0.2, 0.25) is 0 Å². The predicted molar refractivity (Wildman–Crippen MR) is 113 cm³/mol. The lowest BCUT2D eigenvalue weighted by molar-refractivity contribution is -0.138. The number of amides is 3. The van der Waals surface area contributed by atoms with Gasteiger partial charge in [-0.15, -0.1) is 0 Å². The zero-order chi connectivity index (χ0) is 21.8. The average Bonchev–Trinajstić information content (AvgIpc) is 2.63. The van der Waals surface area contributed by atoms with E-state index in [9.17, 15) is 14.4 Å². The molecule has 29 heavy (non-hydrogen) atoms. The Bertz CT molecular complexity index is 742. The first-order chi connectivity index (χ1) is 13.5. The lowest BCUT2D eigenvalue weighted by Gasteiger charge is -2.34. The highest BCUT2D eigenvalue weighted by Gasteiger charge is 2.31. The molecule has 0 saturated carbocycles. The van der Waals surface area contributed by atoms with Gasteiger partial charge >= 0.3 is 6.09 Å². The van der Waals surface area contributed by atoms with Gasteiger partial charge in [0.1, 0.15) is 5.60 Å². The topological polar surface area (TPSA) is 79.0 Å². The van der Waals surface area contributed by atoms with Crippen molar-refractivity contribution in [1.82, 2.24) is 9.80 Å². The highest BCUT2D eigenvalue weighted by Crippen LogP contribution is 2.22. The molecule has 1 aromatic rings. The molecule has 160 valence electrons. The first-order valence-electron chi connectivity index (χ1n) is 10.1. The minimum Gasteiger partial charge on any atom is -0.444 e. The van der Waals surface area contributed by atoms with E-state index < -0.39 is 5.60 Å². The van der Waals surface area contributed by atoms with Crippen molar-refractivity contribution >= 4 is 23.6 Å². The van der Waals surface area contributed by atoms with Gasteiger partial charge in [-0.1, -0.05) is 18.2 Å². The molecule has 1 aliphatic rings. The Morgan fingerprint density at radius 1 is 1.14 bits per heavy atom. The number of nitrogens with one attached hydrogen (secondary N) is 1. The smallest absolute Gasteiger partial charge is 0.410 e. The summed E-state index contributed by atoms with van der Waals surface area (Å²) in [6.45, 7) is 10.3. The van der Waals surface area contributed by atoms with Crippen molar-refractivity contribution < 1.29 is 19.1 Å². The van der Waals surface area contributed by atoms with E-state index in [0.29, 0.717) is 25.9 Å². The van der Waals surface area contributed by atoms with Gasteiger partial charge in [-0.25, -0.2) is 4.79 Å². The van der Waals surface area contributed by atoms with Crippen molar-refractivity contribution in [1.29, 1.82) is 0 Å². The Morgan fingerprint density at radius 3 is 2.21 bits per heavy atom. The van der Waals surface area contributed by atoms with Crippen molar-refractivity contribution in [3.63, 3.8) is 0 Å². The number of para-hydroxylation sites is 1. The van der Waals surface area contributed by atoms with E-state index in [1.807, 2.05) is 52.8 Å². The second kappa shape index (κ2) is 9.29. The van der Waals surface area contributed by atoms with Crippen LogP contribution in [0.25, 0.3) is 0 Å². The SMILES string of the molecule is Cc1cccc(C)c1NC(=O)CN(C)C(=O)C1CCN(C(=O)OC(C)(C)C)CC1. The maximum absolute atomic E-state index is 12.7. The lowest BCUT2D eigenvalue weighted by atomic mass is 9.95. The van der Waals surface area contributed by atoms with E-state index in [-0.39, 0.29) is 30.4 Å². The van der Waals surface area contributed by atoms with Crippen LogP contribution in [0.1, 0.15) is 44.7 Å². The van der Waals surface area contributed by atoms with Gasteiger partial charge in [0.15, 0.2) is 0 Å². The van der Waals surface area contributed by atoms with Gasteiger partial charge in [0.2, 0.25) is 11.8 Å². The number of likely N-dealkylation sites (tertiary alicyclic amines) is 1. The molecule has 0 aliphatic carbocycles. The standard InChI is InChI=1S/C22H33N3O4/c1-15-8-7-9-16(2)19(15)23-18(26)14-24(6)20(27)17-10-12-25(13-11-17)21(28)29-22(3,4)5/h7-9,17H,10-14H2,1-6H3,(H,23,26). The van der Waals surface area contributed by atoms with Gasteiger partial charge in [0.05, 0.1) is 6.54 Å². The maximum Gasteiger partial charge on any atom is 0.410 e. The number of nitrogens with zero attached hydrogens (tertiary/aromatic N) is 2. The van der Waals surface area contributed by atoms with Crippen LogP contribution in [-0.4, -0.2) is 60.0 Å². The number of likely N-dealkylation sites (N-methyl/N-ethyl adjacent to an activating group) is 1. The fraction of sp³-hybridized carbons (Fsp3) is 0.591. The molecular formula is C22H33N3O4. The summed E-state index contributed by atoms with van der Waals surface area (Å²) in [5.74, 6) is -0.471. The summed E-state index contributed by atoms with van der Waals surface area (Å²) >= 11 is 0. The molecular weight excluding hydrogens is 370 g/mol. The second-order valence-corrected chi connectivity index (χ2v) is 8.75. The molecule has 1 fully saturated rings. The first-order valence-corrected chi connectivity index (χ1v) is 10.1. The summed E-state index contributed by atoms with van der Waals surface area (Å²) in [6.07, 6.45) is 0.798. The van der Waals surface area contributed by atoms with Gasteiger partial charge in [-0.3, -0.25) is 9.59 Å². The molecule has 1 heterocycles. The third kappa shape index (κ3) is 6.48. The van der Waals surface area contributed by atoms with Gasteiger partial charge in [0.25, 0.3) is 0 Å². The number of carbonyl (C=O) groups excluding carboxylic acids is 3. The fourth-order valence-electron chi connectivity index (χ4n) is 3.43. The molecule has 0 aromatic heterocycles. The van der Waals surface area contributed by atoms with Crippen LogP contribution < -0.4 is 5.32 Å². The van der Waals surface area contributed by atoms with Crippen LogP contribution in [0, 0.1) is 19.8 Å². The molecule has 1 aromatic carbocycles. The van der Waals surface area contributed by atoms with Crippen LogP contribution in [0.5, 0.6) is 0 Å². The molecule has 3 amide bonds. The van der Waals surface area contributed by atoms with E-state index in [4.69, 9.17) is 4.74 Å². The summed E-state index contributed by atoms with van der Waals surface area (Å²) in [5.41, 5.74) is 2.24. The molecule has 1 aliphatic heterocycles. The Hall–Kier alpha value is -2.57. The van der Waals surface area contributed by atoms with Gasteiger partial charge < -0.3 is 19.9 Å². The molecule has 0 spiro atoms. The minimum atomic E-state index is -0.535. The zero-order valence-electron chi connectivity index (χ0n) is 18.4. The number of hydrogen-bond acceptors (Lipinski definition) is 4. The summed E-state index contributed by atoms with van der Waals surface area (Å²) in [7, 11) is 1.65. The molecule has 0 unspecified atom stereocenters. The van der Waals surface area contributed by atoms with E-state index in [1.54, 1.807) is 11.9 Å². The number of rotatable bonds is 4. The molecule has 0 radical (unpaired) electrons. The third-order valence-electron chi connectivity index (χ3n) is 5.00. The van der Waals surface area contributed by atoms with Crippen LogP contribution in [-0.2, 0) is 14.3 Å². The monoisotopic (exact) mass is 403 g/mol. The highest BCUT2D eigenvalue weighted by molar-refractivity contribution is 5.96. The number of piperidine rings is 1. The number of benzene rings is 1. The van der Waals surface area contributed by atoms with Crippen LogP contribution in [0.15, 0.2) is 18.2 Å². The molecule has 7 nitrogen and oxygen atoms in total. The molecule has 1 saturated heterocycles. The summed E-state index contributed by atoms with van der Waals surface area (Å²) < 4.78 is 5.39. The lowest BCUT2D eigenvalue weighted by Crippen LogP contribution is -2.46. The third-order valence-corrected chi connectivity index (χ3v) is 5.00. The van der Waals surface area contributed by atoms with E-state index in [2.05, 4.69) is 5.32 Å². The number of carbonyl (C=O) groups is 3. The Labute approximate surface area is 173 Å². The van der Waals surface area contributed by atoms with Gasteiger partial charge in [0, 0.05) is 31.7 Å². The number of hydrogen-bond donors (Lipinski definition) is 1.